The molecular formula is C33H30N2O5. The number of carbonyl (C=O) groups excluding carboxylic acids is 2. The number of hydrogen-bond donors (Lipinski definition) is 0. The van der Waals surface area contributed by atoms with Crippen LogP contribution in [0.25, 0.3) is 22.6 Å². The summed E-state index contributed by atoms with van der Waals surface area (Å²) < 4.78 is 16.5. The number of rotatable bonds is 6. The fourth-order valence-corrected chi connectivity index (χ4v) is 5.87. The van der Waals surface area contributed by atoms with Crippen molar-refractivity contribution in [1.29, 1.82) is 0 Å². The fourth-order valence-electron chi connectivity index (χ4n) is 5.87. The van der Waals surface area contributed by atoms with Crippen molar-refractivity contribution in [3.05, 3.63) is 94.7 Å². The first-order valence-corrected chi connectivity index (χ1v) is 13.4. The van der Waals surface area contributed by atoms with Gasteiger partial charge in [0.1, 0.15) is 0 Å². The van der Waals surface area contributed by atoms with Gasteiger partial charge in [0.2, 0.25) is 0 Å². The lowest BCUT2D eigenvalue weighted by Gasteiger charge is -2.22. The molecule has 0 unspecified atom stereocenters. The average Bonchev–Trinajstić information content (AvgIpc) is 3.53. The molecule has 2 aliphatic rings. The highest BCUT2D eigenvalue weighted by Gasteiger charge is 2.32. The van der Waals surface area contributed by atoms with Gasteiger partial charge in [0.05, 0.1) is 31.0 Å². The number of aromatic nitrogens is 1. The molecule has 0 saturated carbocycles. The number of para-hydroxylation sites is 2. The van der Waals surface area contributed by atoms with Gasteiger partial charge < -0.3 is 19.1 Å². The van der Waals surface area contributed by atoms with Gasteiger partial charge in [0.25, 0.3) is 5.91 Å². The van der Waals surface area contributed by atoms with Gasteiger partial charge >= 0.3 is 5.97 Å². The van der Waals surface area contributed by atoms with Crippen LogP contribution in [0, 0.1) is 0 Å². The highest BCUT2D eigenvalue weighted by atomic mass is 16.5. The molecule has 40 heavy (non-hydrogen) atoms. The number of amides is 1. The first-order chi connectivity index (χ1) is 19.5. The van der Waals surface area contributed by atoms with Crippen molar-refractivity contribution in [1.82, 2.24) is 4.98 Å². The zero-order valence-corrected chi connectivity index (χ0v) is 22.8. The molecule has 1 amide bonds. The summed E-state index contributed by atoms with van der Waals surface area (Å²) in [4.78, 5) is 33.5. The normalized spacial score (nSPS) is 16.6. The first kappa shape index (κ1) is 25.6. The lowest BCUT2D eigenvalue weighted by molar-refractivity contribution is -0.122. The predicted molar refractivity (Wildman–Crippen MR) is 155 cm³/mol. The maximum absolute atomic E-state index is 13.6. The Morgan fingerprint density at radius 3 is 2.58 bits per heavy atom. The molecule has 202 valence electrons. The average molecular weight is 535 g/mol. The molecule has 6 rings (SSSR count). The van der Waals surface area contributed by atoms with E-state index >= 15 is 0 Å². The Hall–Kier alpha value is -4.65. The Morgan fingerprint density at radius 2 is 1.75 bits per heavy atom. The Bertz CT molecular complexity index is 1680. The van der Waals surface area contributed by atoms with Gasteiger partial charge in [-0.1, -0.05) is 42.5 Å². The number of fused-ring (bicyclic) bond motifs is 3. The zero-order chi connectivity index (χ0) is 27.8. The number of anilines is 1. The standard InChI is InChI=1S/C33H30N2O5/c1-20-16-22-8-4-7-11-27(22)35(20)30(36)19-40-33(37)31-24-9-5-6-10-26(24)34-32-23(13-14-25(31)32)17-21-12-15-28(38-2)29(18-21)39-3/h4-12,15,17-18,20H,13-14,16,19H2,1-3H3/b23-17+/t20-/m0/s1. The third kappa shape index (κ3) is 4.47. The van der Waals surface area contributed by atoms with Crippen LogP contribution >= 0.6 is 0 Å². The zero-order valence-electron chi connectivity index (χ0n) is 22.8. The molecule has 3 aromatic carbocycles. The molecule has 0 radical (unpaired) electrons. The molecule has 0 fully saturated rings. The summed E-state index contributed by atoms with van der Waals surface area (Å²) in [6.07, 6.45) is 4.24. The number of allylic oxidation sites excluding steroid dienone is 1. The van der Waals surface area contributed by atoms with Crippen LogP contribution in [-0.4, -0.2) is 43.7 Å². The van der Waals surface area contributed by atoms with Gasteiger partial charge in [-0.3, -0.25) is 4.79 Å². The number of esters is 1. The highest BCUT2D eigenvalue weighted by Crippen LogP contribution is 2.39. The van der Waals surface area contributed by atoms with Crippen molar-refractivity contribution in [2.24, 2.45) is 0 Å². The van der Waals surface area contributed by atoms with Crippen LogP contribution in [0.4, 0.5) is 5.69 Å². The minimum absolute atomic E-state index is 0.0129. The Balaban J connectivity index is 1.31. The molecule has 1 atom stereocenters. The topological polar surface area (TPSA) is 78.0 Å². The van der Waals surface area contributed by atoms with Crippen molar-refractivity contribution in [3.63, 3.8) is 0 Å². The molecule has 0 saturated heterocycles. The largest absolute Gasteiger partial charge is 0.493 e. The maximum atomic E-state index is 13.6. The summed E-state index contributed by atoms with van der Waals surface area (Å²) in [6.45, 7) is 1.69. The molecule has 7 nitrogen and oxygen atoms in total. The fraction of sp³-hybridized carbons (Fsp3) is 0.242. The maximum Gasteiger partial charge on any atom is 0.339 e. The monoisotopic (exact) mass is 534 g/mol. The van der Waals surface area contributed by atoms with E-state index in [9.17, 15) is 9.59 Å². The Labute approximate surface area is 233 Å². The summed E-state index contributed by atoms with van der Waals surface area (Å²) in [5, 5.41) is 0.728. The number of pyridine rings is 1. The SMILES string of the molecule is COc1ccc(/C=C2\CCc3c2nc2ccccc2c3C(=O)OCC(=O)N2c3ccccc3C[C@@H]2C)cc1OC. The van der Waals surface area contributed by atoms with Gasteiger partial charge in [-0.15, -0.1) is 0 Å². The summed E-state index contributed by atoms with van der Waals surface area (Å²) in [5.41, 5.74) is 6.82. The quantitative estimate of drug-likeness (QED) is 0.288. The van der Waals surface area contributed by atoms with Crippen molar-refractivity contribution in [2.75, 3.05) is 25.7 Å². The highest BCUT2D eigenvalue weighted by molar-refractivity contribution is 6.08. The molecule has 7 heteroatoms. The Kier molecular flexibility index (Phi) is 6.72. The van der Waals surface area contributed by atoms with Crippen LogP contribution in [-0.2, 0) is 22.4 Å². The molecule has 0 N–H and O–H groups in total. The first-order valence-electron chi connectivity index (χ1n) is 13.4. The van der Waals surface area contributed by atoms with Gasteiger partial charge in [-0.2, -0.15) is 0 Å². The van der Waals surface area contributed by atoms with Gasteiger partial charge in [-0.25, -0.2) is 9.78 Å². The van der Waals surface area contributed by atoms with Gasteiger partial charge in [-0.05, 0) is 78.8 Å². The molecule has 0 spiro atoms. The van der Waals surface area contributed by atoms with E-state index < -0.39 is 5.97 Å². The minimum Gasteiger partial charge on any atom is -0.493 e. The molecule has 2 heterocycles. The van der Waals surface area contributed by atoms with E-state index in [1.54, 1.807) is 19.1 Å². The molecular weight excluding hydrogens is 504 g/mol. The van der Waals surface area contributed by atoms with Crippen molar-refractivity contribution in [2.45, 2.75) is 32.2 Å². The molecule has 1 aliphatic carbocycles. The van der Waals surface area contributed by atoms with E-state index in [2.05, 4.69) is 6.08 Å². The van der Waals surface area contributed by atoms with Crippen LogP contribution in [0.3, 0.4) is 0 Å². The second-order valence-corrected chi connectivity index (χ2v) is 10.1. The summed E-state index contributed by atoms with van der Waals surface area (Å²) in [5.74, 6) is 0.572. The number of methoxy groups -OCH3 is 2. The van der Waals surface area contributed by atoms with Crippen molar-refractivity contribution in [3.8, 4) is 11.5 Å². The molecule has 1 aromatic heterocycles. The molecule has 4 aromatic rings. The number of benzene rings is 3. The summed E-state index contributed by atoms with van der Waals surface area (Å²) >= 11 is 0. The van der Waals surface area contributed by atoms with Crippen LogP contribution in [0.2, 0.25) is 0 Å². The van der Waals surface area contributed by atoms with E-state index in [0.717, 1.165) is 51.9 Å². The van der Waals surface area contributed by atoms with Crippen LogP contribution < -0.4 is 14.4 Å². The number of nitrogens with zero attached hydrogens (tertiary/aromatic N) is 2. The van der Waals surface area contributed by atoms with Crippen LogP contribution in [0.15, 0.2) is 66.7 Å². The molecule has 1 aliphatic heterocycles. The summed E-state index contributed by atoms with van der Waals surface area (Å²) in [7, 11) is 3.22. The predicted octanol–water partition coefficient (Wildman–Crippen LogP) is 5.87. The lowest BCUT2D eigenvalue weighted by Crippen LogP contribution is -2.38. The third-order valence-electron chi connectivity index (χ3n) is 7.70. The van der Waals surface area contributed by atoms with E-state index in [0.29, 0.717) is 29.0 Å². The van der Waals surface area contributed by atoms with Crippen molar-refractivity contribution < 1.29 is 23.8 Å². The summed E-state index contributed by atoms with van der Waals surface area (Å²) in [6, 6.07) is 21.2. The van der Waals surface area contributed by atoms with E-state index in [4.69, 9.17) is 19.2 Å². The minimum atomic E-state index is -0.504. The van der Waals surface area contributed by atoms with E-state index in [1.807, 2.05) is 73.7 Å². The number of ether oxygens (including phenoxy) is 3. The van der Waals surface area contributed by atoms with Gasteiger partial charge in [0, 0.05) is 17.1 Å². The number of hydrogen-bond acceptors (Lipinski definition) is 6. The second kappa shape index (κ2) is 10.5. The van der Waals surface area contributed by atoms with E-state index in [-0.39, 0.29) is 18.6 Å². The van der Waals surface area contributed by atoms with Gasteiger partial charge in [0.15, 0.2) is 18.1 Å². The third-order valence-corrected chi connectivity index (χ3v) is 7.70. The van der Waals surface area contributed by atoms with E-state index in [1.165, 1.54) is 0 Å². The Morgan fingerprint density at radius 1 is 0.975 bits per heavy atom. The van der Waals surface area contributed by atoms with Crippen LogP contribution in [0.5, 0.6) is 11.5 Å². The van der Waals surface area contributed by atoms with Crippen LogP contribution in [0.1, 0.15) is 46.1 Å². The molecule has 0 bridgehead atoms. The smallest absolute Gasteiger partial charge is 0.339 e. The number of carbonyl (C=O) groups is 2. The second-order valence-electron chi connectivity index (χ2n) is 10.1. The van der Waals surface area contributed by atoms with Crippen molar-refractivity contribution >= 4 is 40.1 Å². The lowest BCUT2D eigenvalue weighted by atomic mass is 10.0.